The summed E-state index contributed by atoms with van der Waals surface area (Å²) >= 11 is 0. The highest BCUT2D eigenvalue weighted by molar-refractivity contribution is 7.89. The SMILES string of the molecule is COc1ccc(OC)c(S(=O)(=O)N(CC(=O)Nc2ccc(C(F)(F)F)cc2)Cc2ccccc2)c1. The Kier molecular flexibility index (Phi) is 8.03. The molecule has 7 nitrogen and oxygen atoms in total. The Morgan fingerprint density at radius 3 is 2.17 bits per heavy atom. The van der Waals surface area contributed by atoms with Crippen molar-refractivity contribution in [1.29, 1.82) is 0 Å². The molecular weight excluding hydrogens is 485 g/mol. The lowest BCUT2D eigenvalue weighted by atomic mass is 10.2. The van der Waals surface area contributed by atoms with Gasteiger partial charge in [0.1, 0.15) is 16.4 Å². The molecule has 0 atom stereocenters. The number of methoxy groups -OCH3 is 2. The van der Waals surface area contributed by atoms with Crippen LogP contribution in [-0.2, 0) is 27.5 Å². The van der Waals surface area contributed by atoms with Gasteiger partial charge >= 0.3 is 6.18 Å². The van der Waals surface area contributed by atoms with Gasteiger partial charge in [0, 0.05) is 18.3 Å². The second-order valence-corrected chi connectivity index (χ2v) is 9.31. The molecule has 1 N–H and O–H groups in total. The topological polar surface area (TPSA) is 84.9 Å². The number of alkyl halides is 3. The summed E-state index contributed by atoms with van der Waals surface area (Å²) in [6.45, 7) is -0.734. The average Bonchev–Trinajstić information content (AvgIpc) is 2.83. The van der Waals surface area contributed by atoms with Gasteiger partial charge in [0.15, 0.2) is 0 Å². The van der Waals surface area contributed by atoms with Crippen LogP contribution in [0.2, 0.25) is 0 Å². The first-order valence-electron chi connectivity index (χ1n) is 10.3. The van der Waals surface area contributed by atoms with Crippen LogP contribution in [0.3, 0.4) is 0 Å². The minimum Gasteiger partial charge on any atom is -0.497 e. The number of amides is 1. The molecule has 0 aliphatic rings. The molecule has 0 unspecified atom stereocenters. The first-order valence-corrected chi connectivity index (χ1v) is 11.7. The van der Waals surface area contributed by atoms with E-state index < -0.39 is 34.2 Å². The van der Waals surface area contributed by atoms with Gasteiger partial charge in [-0.15, -0.1) is 0 Å². The molecule has 3 rings (SSSR count). The van der Waals surface area contributed by atoms with E-state index in [-0.39, 0.29) is 28.6 Å². The first-order chi connectivity index (χ1) is 16.5. The summed E-state index contributed by atoms with van der Waals surface area (Å²) in [7, 11) is -1.56. The molecule has 0 saturated carbocycles. The van der Waals surface area contributed by atoms with E-state index in [0.717, 1.165) is 28.6 Å². The fraction of sp³-hybridized carbons (Fsp3) is 0.208. The molecule has 0 saturated heterocycles. The molecule has 0 aliphatic carbocycles. The lowest BCUT2D eigenvalue weighted by Gasteiger charge is -2.23. The molecule has 0 heterocycles. The lowest BCUT2D eigenvalue weighted by Crippen LogP contribution is -2.37. The molecule has 0 fully saturated rings. The van der Waals surface area contributed by atoms with Gasteiger partial charge in [-0.2, -0.15) is 17.5 Å². The van der Waals surface area contributed by atoms with Crippen LogP contribution in [0.25, 0.3) is 0 Å². The van der Waals surface area contributed by atoms with Crippen LogP contribution in [-0.4, -0.2) is 39.4 Å². The summed E-state index contributed by atoms with van der Waals surface area (Å²) in [5.74, 6) is -0.392. The highest BCUT2D eigenvalue weighted by Gasteiger charge is 2.31. The highest BCUT2D eigenvalue weighted by Crippen LogP contribution is 2.32. The van der Waals surface area contributed by atoms with Crippen LogP contribution in [0.15, 0.2) is 77.7 Å². The van der Waals surface area contributed by atoms with Gasteiger partial charge in [-0.05, 0) is 42.0 Å². The predicted octanol–water partition coefficient (Wildman–Crippen LogP) is 4.55. The Balaban J connectivity index is 1.91. The normalized spacial score (nSPS) is 11.8. The fourth-order valence-corrected chi connectivity index (χ4v) is 4.80. The van der Waals surface area contributed by atoms with Gasteiger partial charge in [0.2, 0.25) is 15.9 Å². The summed E-state index contributed by atoms with van der Waals surface area (Å²) in [6.07, 6.45) is -4.51. The highest BCUT2D eigenvalue weighted by atomic mass is 32.2. The van der Waals surface area contributed by atoms with Gasteiger partial charge in [-0.3, -0.25) is 4.79 Å². The second-order valence-electron chi connectivity index (χ2n) is 7.40. The molecule has 186 valence electrons. The Morgan fingerprint density at radius 2 is 1.60 bits per heavy atom. The van der Waals surface area contributed by atoms with Crippen molar-refractivity contribution in [3.05, 3.63) is 83.9 Å². The molecule has 0 radical (unpaired) electrons. The minimum absolute atomic E-state index is 0.0620. The molecule has 3 aromatic carbocycles. The van der Waals surface area contributed by atoms with Crippen molar-refractivity contribution in [2.45, 2.75) is 17.6 Å². The van der Waals surface area contributed by atoms with Crippen LogP contribution in [0.4, 0.5) is 18.9 Å². The van der Waals surface area contributed by atoms with E-state index in [1.54, 1.807) is 30.3 Å². The number of halogens is 3. The molecule has 11 heteroatoms. The number of nitrogens with one attached hydrogen (secondary N) is 1. The van der Waals surface area contributed by atoms with Gasteiger partial charge in [-0.25, -0.2) is 8.42 Å². The number of hydrogen-bond acceptors (Lipinski definition) is 5. The maximum absolute atomic E-state index is 13.6. The molecular formula is C24H23F3N2O5S. The number of carbonyl (C=O) groups is 1. The van der Waals surface area contributed by atoms with Crippen molar-refractivity contribution < 1.29 is 35.9 Å². The zero-order chi connectivity index (χ0) is 25.6. The van der Waals surface area contributed by atoms with E-state index in [9.17, 15) is 26.4 Å². The maximum Gasteiger partial charge on any atom is 0.416 e. The number of benzene rings is 3. The summed E-state index contributed by atoms with van der Waals surface area (Å²) in [5, 5.41) is 2.44. The van der Waals surface area contributed by atoms with Crippen LogP contribution >= 0.6 is 0 Å². The first kappa shape index (κ1) is 26.0. The standard InChI is InChI=1S/C24H23F3N2O5S/c1-33-20-12-13-21(34-2)22(14-20)35(31,32)29(15-17-6-4-3-5-7-17)16-23(30)28-19-10-8-18(9-11-19)24(25,26)27/h3-14H,15-16H2,1-2H3,(H,28,30). The van der Waals surface area contributed by atoms with E-state index in [4.69, 9.17) is 9.47 Å². The van der Waals surface area contributed by atoms with Gasteiger partial charge < -0.3 is 14.8 Å². The van der Waals surface area contributed by atoms with Gasteiger partial charge in [-0.1, -0.05) is 30.3 Å². The van der Waals surface area contributed by atoms with Crippen LogP contribution in [0.1, 0.15) is 11.1 Å². The third-order valence-corrected chi connectivity index (χ3v) is 6.82. The Labute approximate surface area is 201 Å². The Morgan fingerprint density at radius 1 is 0.943 bits per heavy atom. The smallest absolute Gasteiger partial charge is 0.416 e. The van der Waals surface area contributed by atoms with Crippen LogP contribution in [0.5, 0.6) is 11.5 Å². The van der Waals surface area contributed by atoms with Crippen molar-refractivity contribution in [1.82, 2.24) is 4.31 Å². The number of anilines is 1. The number of ether oxygens (including phenoxy) is 2. The number of carbonyl (C=O) groups excluding carboxylic acids is 1. The molecule has 3 aromatic rings. The second kappa shape index (κ2) is 10.8. The zero-order valence-corrected chi connectivity index (χ0v) is 19.7. The number of sulfonamides is 1. The molecule has 35 heavy (non-hydrogen) atoms. The third-order valence-electron chi connectivity index (χ3n) is 5.01. The molecule has 0 aliphatic heterocycles. The van der Waals surface area contributed by atoms with Crippen molar-refractivity contribution in [3.63, 3.8) is 0 Å². The van der Waals surface area contributed by atoms with Gasteiger partial charge in [0.25, 0.3) is 0 Å². The number of rotatable bonds is 9. The van der Waals surface area contributed by atoms with Crippen molar-refractivity contribution in [3.8, 4) is 11.5 Å². The number of nitrogens with zero attached hydrogens (tertiary/aromatic N) is 1. The zero-order valence-electron chi connectivity index (χ0n) is 18.9. The molecule has 0 bridgehead atoms. The van der Waals surface area contributed by atoms with E-state index in [1.807, 2.05) is 0 Å². The summed E-state index contributed by atoms with van der Waals surface area (Å²) < 4.78 is 76.9. The van der Waals surface area contributed by atoms with E-state index in [1.165, 1.54) is 32.4 Å². The van der Waals surface area contributed by atoms with Crippen molar-refractivity contribution in [2.24, 2.45) is 0 Å². The molecule has 1 amide bonds. The summed E-state index contributed by atoms with van der Waals surface area (Å²) in [4.78, 5) is 12.6. The molecule has 0 aromatic heterocycles. The quantitative estimate of drug-likeness (QED) is 0.458. The Hall–Kier alpha value is -3.57. The number of hydrogen-bond donors (Lipinski definition) is 1. The summed E-state index contributed by atoms with van der Waals surface area (Å²) in [6, 6.07) is 16.8. The average molecular weight is 509 g/mol. The monoisotopic (exact) mass is 508 g/mol. The Bertz CT molecular complexity index is 1260. The van der Waals surface area contributed by atoms with Crippen LogP contribution < -0.4 is 14.8 Å². The third kappa shape index (κ3) is 6.52. The van der Waals surface area contributed by atoms with E-state index in [0.29, 0.717) is 5.56 Å². The summed E-state index contributed by atoms with van der Waals surface area (Å²) in [5.41, 5.74) is -0.145. The largest absolute Gasteiger partial charge is 0.497 e. The van der Waals surface area contributed by atoms with Crippen molar-refractivity contribution in [2.75, 3.05) is 26.1 Å². The minimum atomic E-state index is -4.51. The predicted molar refractivity (Wildman–Crippen MR) is 124 cm³/mol. The van der Waals surface area contributed by atoms with E-state index >= 15 is 0 Å². The lowest BCUT2D eigenvalue weighted by molar-refractivity contribution is -0.137. The van der Waals surface area contributed by atoms with Gasteiger partial charge in [0.05, 0.1) is 26.3 Å². The van der Waals surface area contributed by atoms with E-state index in [2.05, 4.69) is 5.32 Å². The maximum atomic E-state index is 13.6. The van der Waals surface area contributed by atoms with Crippen molar-refractivity contribution >= 4 is 21.6 Å². The molecule has 0 spiro atoms. The fourth-order valence-electron chi connectivity index (χ4n) is 3.24. The van der Waals surface area contributed by atoms with Crippen LogP contribution in [0, 0.1) is 0 Å².